The van der Waals surface area contributed by atoms with E-state index in [1.807, 2.05) is 0 Å². The van der Waals surface area contributed by atoms with E-state index in [9.17, 15) is 4.79 Å². The summed E-state index contributed by atoms with van der Waals surface area (Å²) in [7, 11) is 0. The van der Waals surface area contributed by atoms with Gasteiger partial charge in [-0.1, -0.05) is 25.7 Å². The van der Waals surface area contributed by atoms with E-state index in [4.69, 9.17) is 0 Å². The third-order valence-electron chi connectivity index (χ3n) is 6.06. The van der Waals surface area contributed by atoms with Crippen LogP contribution in [-0.4, -0.2) is 36.0 Å². The Morgan fingerprint density at radius 3 is 2.43 bits per heavy atom. The highest BCUT2D eigenvalue weighted by Gasteiger charge is 2.33. The Morgan fingerprint density at radius 2 is 1.67 bits per heavy atom. The van der Waals surface area contributed by atoms with Crippen LogP contribution in [-0.2, 0) is 4.79 Å². The summed E-state index contributed by atoms with van der Waals surface area (Å²) in [5, 5.41) is 3.66. The molecule has 0 bridgehead atoms. The lowest BCUT2D eigenvalue weighted by atomic mass is 9.69. The van der Waals surface area contributed by atoms with Gasteiger partial charge in [-0.2, -0.15) is 0 Å². The lowest BCUT2D eigenvalue weighted by molar-refractivity contribution is -0.134. The van der Waals surface area contributed by atoms with Gasteiger partial charge in [-0.05, 0) is 57.3 Å². The fraction of sp³-hybridized carbons (Fsp3) is 0.944. The van der Waals surface area contributed by atoms with Crippen molar-refractivity contribution in [2.75, 3.05) is 13.1 Å². The largest absolute Gasteiger partial charge is 0.341 e. The summed E-state index contributed by atoms with van der Waals surface area (Å²) >= 11 is 0. The minimum Gasteiger partial charge on any atom is -0.341 e. The monoisotopic (exact) mass is 292 g/mol. The van der Waals surface area contributed by atoms with Crippen LogP contribution in [0.25, 0.3) is 0 Å². The zero-order chi connectivity index (χ0) is 14.7. The third-order valence-corrected chi connectivity index (χ3v) is 6.06. The van der Waals surface area contributed by atoms with Crippen LogP contribution in [0.5, 0.6) is 0 Å². The number of fused-ring (bicyclic) bond motifs is 1. The maximum Gasteiger partial charge on any atom is 0.239 e. The highest BCUT2D eigenvalue weighted by Crippen LogP contribution is 2.40. The number of carbonyl (C=O) groups excluding carboxylic acids is 1. The molecule has 0 aromatic carbocycles. The van der Waals surface area contributed by atoms with E-state index in [2.05, 4.69) is 17.1 Å². The molecule has 3 nitrogen and oxygen atoms in total. The van der Waals surface area contributed by atoms with Gasteiger partial charge in [-0.25, -0.2) is 0 Å². The number of likely N-dealkylation sites (tertiary alicyclic amines) is 1. The van der Waals surface area contributed by atoms with Gasteiger partial charge in [0.05, 0.1) is 6.04 Å². The zero-order valence-corrected chi connectivity index (χ0v) is 13.7. The number of amides is 1. The summed E-state index contributed by atoms with van der Waals surface area (Å²) in [4.78, 5) is 14.6. The molecule has 1 heterocycles. The van der Waals surface area contributed by atoms with Crippen LogP contribution in [0.2, 0.25) is 0 Å². The van der Waals surface area contributed by atoms with Gasteiger partial charge >= 0.3 is 0 Å². The number of rotatable bonds is 3. The number of piperidine rings is 1. The van der Waals surface area contributed by atoms with Gasteiger partial charge in [0.1, 0.15) is 0 Å². The van der Waals surface area contributed by atoms with Crippen molar-refractivity contribution in [3.05, 3.63) is 0 Å². The third kappa shape index (κ3) is 3.80. The van der Waals surface area contributed by atoms with Gasteiger partial charge in [0.15, 0.2) is 0 Å². The Kier molecular flexibility index (Phi) is 5.20. The summed E-state index contributed by atoms with van der Waals surface area (Å²) in [6.07, 6.45) is 13.4. The van der Waals surface area contributed by atoms with Gasteiger partial charge < -0.3 is 10.2 Å². The highest BCUT2D eigenvalue weighted by atomic mass is 16.2. The Bertz CT molecular complexity index is 351. The molecule has 2 aliphatic carbocycles. The second kappa shape index (κ2) is 7.13. The van der Waals surface area contributed by atoms with Crippen LogP contribution in [0, 0.1) is 11.8 Å². The van der Waals surface area contributed by atoms with Crippen molar-refractivity contribution in [1.82, 2.24) is 10.2 Å². The molecule has 3 heteroatoms. The van der Waals surface area contributed by atoms with Crippen LogP contribution < -0.4 is 5.32 Å². The SMILES string of the molecule is CC(NC1CCC2CCCCC2C1)C(=O)N1CCCCC1. The van der Waals surface area contributed by atoms with Crippen molar-refractivity contribution < 1.29 is 4.79 Å². The summed E-state index contributed by atoms with van der Waals surface area (Å²) in [6.45, 7) is 4.02. The molecule has 0 aromatic rings. The summed E-state index contributed by atoms with van der Waals surface area (Å²) in [5.41, 5.74) is 0. The van der Waals surface area contributed by atoms with Gasteiger partial charge in [0.25, 0.3) is 0 Å². The molecule has 2 saturated carbocycles. The quantitative estimate of drug-likeness (QED) is 0.865. The van der Waals surface area contributed by atoms with Crippen molar-refractivity contribution in [2.45, 2.75) is 83.2 Å². The molecule has 0 aromatic heterocycles. The number of nitrogens with zero attached hydrogens (tertiary/aromatic N) is 1. The van der Waals surface area contributed by atoms with Crippen LogP contribution >= 0.6 is 0 Å². The smallest absolute Gasteiger partial charge is 0.239 e. The predicted octanol–water partition coefficient (Wildman–Crippen LogP) is 3.34. The number of hydrogen-bond donors (Lipinski definition) is 1. The molecule has 4 atom stereocenters. The Balaban J connectivity index is 1.48. The maximum atomic E-state index is 12.5. The minimum absolute atomic E-state index is 0.00763. The summed E-state index contributed by atoms with van der Waals surface area (Å²) in [6, 6.07) is 0.585. The molecular formula is C18H32N2O. The standard InChI is InChI=1S/C18H32N2O/c1-14(18(21)20-11-5-2-6-12-20)19-17-10-9-15-7-3-4-8-16(15)13-17/h14-17,19H,2-13H2,1H3. The number of hydrogen-bond acceptors (Lipinski definition) is 2. The summed E-state index contributed by atoms with van der Waals surface area (Å²) < 4.78 is 0. The molecule has 3 rings (SSSR count). The Morgan fingerprint density at radius 1 is 0.952 bits per heavy atom. The predicted molar refractivity (Wildman–Crippen MR) is 86.1 cm³/mol. The summed E-state index contributed by atoms with van der Waals surface area (Å²) in [5.74, 6) is 2.26. The van der Waals surface area contributed by atoms with Gasteiger partial charge in [0.2, 0.25) is 5.91 Å². The average Bonchev–Trinajstić information content (AvgIpc) is 2.55. The average molecular weight is 292 g/mol. The van der Waals surface area contributed by atoms with Gasteiger partial charge in [0, 0.05) is 19.1 Å². The first-order chi connectivity index (χ1) is 10.2. The Labute approximate surface area is 129 Å². The van der Waals surface area contributed by atoms with E-state index in [0.29, 0.717) is 11.9 Å². The molecule has 0 spiro atoms. The van der Waals surface area contributed by atoms with E-state index in [1.54, 1.807) is 0 Å². The maximum absolute atomic E-state index is 12.5. The number of carbonyl (C=O) groups is 1. The molecule has 1 N–H and O–H groups in total. The molecule has 120 valence electrons. The number of nitrogens with one attached hydrogen (secondary N) is 1. The molecule has 21 heavy (non-hydrogen) atoms. The first-order valence-electron chi connectivity index (χ1n) is 9.29. The van der Waals surface area contributed by atoms with Crippen molar-refractivity contribution >= 4 is 5.91 Å². The van der Waals surface area contributed by atoms with Crippen LogP contribution in [0.15, 0.2) is 0 Å². The van der Waals surface area contributed by atoms with Crippen LogP contribution in [0.4, 0.5) is 0 Å². The molecule has 1 saturated heterocycles. The molecule has 3 aliphatic rings. The van der Waals surface area contributed by atoms with E-state index in [0.717, 1.165) is 24.9 Å². The Hall–Kier alpha value is -0.570. The van der Waals surface area contributed by atoms with Crippen molar-refractivity contribution in [2.24, 2.45) is 11.8 Å². The first kappa shape index (κ1) is 15.3. The highest BCUT2D eigenvalue weighted by molar-refractivity contribution is 5.81. The van der Waals surface area contributed by atoms with Crippen LogP contribution in [0.3, 0.4) is 0 Å². The fourth-order valence-electron chi connectivity index (χ4n) is 4.84. The second-order valence-corrected chi connectivity index (χ2v) is 7.59. The van der Waals surface area contributed by atoms with E-state index in [-0.39, 0.29) is 6.04 Å². The van der Waals surface area contributed by atoms with E-state index < -0.39 is 0 Å². The second-order valence-electron chi connectivity index (χ2n) is 7.59. The normalized spacial score (nSPS) is 35.1. The fourth-order valence-corrected chi connectivity index (χ4v) is 4.84. The lowest BCUT2D eigenvalue weighted by Gasteiger charge is -2.40. The molecule has 1 aliphatic heterocycles. The topological polar surface area (TPSA) is 32.3 Å². The van der Waals surface area contributed by atoms with Crippen LogP contribution in [0.1, 0.15) is 71.1 Å². The lowest BCUT2D eigenvalue weighted by Crippen LogP contribution is -2.51. The zero-order valence-electron chi connectivity index (χ0n) is 13.7. The molecule has 1 amide bonds. The molecule has 0 radical (unpaired) electrons. The van der Waals surface area contributed by atoms with Crippen molar-refractivity contribution in [3.63, 3.8) is 0 Å². The van der Waals surface area contributed by atoms with Crippen molar-refractivity contribution in [1.29, 1.82) is 0 Å². The minimum atomic E-state index is 0.00763. The van der Waals surface area contributed by atoms with Gasteiger partial charge in [-0.3, -0.25) is 4.79 Å². The molecular weight excluding hydrogens is 260 g/mol. The van der Waals surface area contributed by atoms with E-state index >= 15 is 0 Å². The van der Waals surface area contributed by atoms with E-state index in [1.165, 1.54) is 64.2 Å². The molecule has 4 unspecified atom stereocenters. The van der Waals surface area contributed by atoms with Crippen molar-refractivity contribution in [3.8, 4) is 0 Å². The molecule has 3 fully saturated rings. The van der Waals surface area contributed by atoms with Gasteiger partial charge in [-0.15, -0.1) is 0 Å². The first-order valence-corrected chi connectivity index (χ1v) is 9.29.